The molecule has 0 heterocycles. The van der Waals surface area contributed by atoms with Crippen LogP contribution in [0.4, 0.5) is 0 Å². The molecular weight excluding hydrogens is 246 g/mol. The maximum atomic E-state index is 10.8. The lowest BCUT2D eigenvalue weighted by molar-refractivity contribution is 0.0178. The molecule has 2 aromatic carbocycles. The summed E-state index contributed by atoms with van der Waals surface area (Å²) in [5, 5.41) is 10.8. The molecule has 3 rings (SSSR count). The molecule has 104 valence electrons. The lowest BCUT2D eigenvalue weighted by Gasteiger charge is -2.41. The van der Waals surface area contributed by atoms with E-state index in [0.717, 1.165) is 24.8 Å². The van der Waals surface area contributed by atoms with E-state index >= 15 is 0 Å². The average molecular weight is 267 g/mol. The van der Waals surface area contributed by atoms with Crippen molar-refractivity contribution in [2.75, 3.05) is 6.54 Å². The van der Waals surface area contributed by atoms with Crippen LogP contribution < -0.4 is 5.73 Å². The standard InChI is InChI=1S/C18H21NO/c19-13-18(17(20)15-7-2-1-3-8-15)11-10-14-6-4-5-9-16(14)12-18/h1-9,17,20H,10-13,19H2. The molecule has 20 heavy (non-hydrogen) atoms. The van der Waals surface area contributed by atoms with Gasteiger partial charge in [0.25, 0.3) is 0 Å². The number of benzene rings is 2. The number of aliphatic hydroxyl groups excluding tert-OH is 1. The van der Waals surface area contributed by atoms with E-state index in [1.807, 2.05) is 30.3 Å². The van der Waals surface area contributed by atoms with E-state index in [4.69, 9.17) is 5.73 Å². The van der Waals surface area contributed by atoms with Crippen molar-refractivity contribution in [1.29, 1.82) is 0 Å². The van der Waals surface area contributed by atoms with E-state index in [9.17, 15) is 5.11 Å². The molecule has 0 aromatic heterocycles. The monoisotopic (exact) mass is 267 g/mol. The molecule has 2 nitrogen and oxygen atoms in total. The molecule has 2 unspecified atom stereocenters. The van der Waals surface area contributed by atoms with Gasteiger partial charge in [-0.3, -0.25) is 0 Å². The fourth-order valence-corrected chi connectivity index (χ4v) is 3.33. The molecule has 2 atom stereocenters. The Morgan fingerprint density at radius 3 is 2.35 bits per heavy atom. The Bertz CT molecular complexity index is 581. The molecule has 1 aliphatic carbocycles. The molecule has 0 fully saturated rings. The van der Waals surface area contributed by atoms with Crippen LogP contribution in [0.2, 0.25) is 0 Å². The first-order valence-electron chi connectivity index (χ1n) is 7.25. The van der Waals surface area contributed by atoms with Crippen LogP contribution in [0.25, 0.3) is 0 Å². The molecule has 3 N–H and O–H groups in total. The number of rotatable bonds is 3. The Kier molecular flexibility index (Phi) is 3.60. The van der Waals surface area contributed by atoms with Crippen molar-refractivity contribution >= 4 is 0 Å². The number of hydrogen-bond acceptors (Lipinski definition) is 2. The molecule has 0 aliphatic heterocycles. The third-order valence-electron chi connectivity index (χ3n) is 4.66. The van der Waals surface area contributed by atoms with Crippen LogP contribution in [-0.4, -0.2) is 11.7 Å². The van der Waals surface area contributed by atoms with Gasteiger partial charge < -0.3 is 10.8 Å². The van der Waals surface area contributed by atoms with E-state index in [0.29, 0.717) is 6.54 Å². The molecule has 0 saturated carbocycles. The van der Waals surface area contributed by atoms with Crippen LogP contribution in [0.5, 0.6) is 0 Å². The second kappa shape index (κ2) is 5.39. The summed E-state index contributed by atoms with van der Waals surface area (Å²) in [7, 11) is 0. The van der Waals surface area contributed by atoms with E-state index in [1.54, 1.807) is 0 Å². The van der Waals surface area contributed by atoms with E-state index < -0.39 is 6.10 Å². The summed E-state index contributed by atoms with van der Waals surface area (Å²) < 4.78 is 0. The van der Waals surface area contributed by atoms with Gasteiger partial charge in [0.2, 0.25) is 0 Å². The summed E-state index contributed by atoms with van der Waals surface area (Å²) in [6.45, 7) is 0.511. The molecule has 0 saturated heterocycles. The van der Waals surface area contributed by atoms with Gasteiger partial charge in [-0.2, -0.15) is 0 Å². The van der Waals surface area contributed by atoms with Gasteiger partial charge in [0, 0.05) is 12.0 Å². The molecule has 2 heteroatoms. The van der Waals surface area contributed by atoms with Crippen molar-refractivity contribution in [1.82, 2.24) is 0 Å². The summed E-state index contributed by atoms with van der Waals surface area (Å²) in [4.78, 5) is 0. The van der Waals surface area contributed by atoms with Gasteiger partial charge in [-0.25, -0.2) is 0 Å². The summed E-state index contributed by atoms with van der Waals surface area (Å²) in [5.41, 5.74) is 9.54. The predicted molar refractivity (Wildman–Crippen MR) is 81.4 cm³/mol. The highest BCUT2D eigenvalue weighted by molar-refractivity contribution is 5.33. The van der Waals surface area contributed by atoms with Crippen LogP contribution in [-0.2, 0) is 12.8 Å². The molecule has 0 amide bonds. The fraction of sp³-hybridized carbons (Fsp3) is 0.333. The zero-order valence-electron chi connectivity index (χ0n) is 11.6. The summed E-state index contributed by atoms with van der Waals surface area (Å²) in [6.07, 6.45) is 2.30. The molecule has 0 spiro atoms. The largest absolute Gasteiger partial charge is 0.388 e. The SMILES string of the molecule is NCC1(C(O)c2ccccc2)CCc2ccccc2C1. The van der Waals surface area contributed by atoms with Gasteiger partial charge in [-0.15, -0.1) is 0 Å². The summed E-state index contributed by atoms with van der Waals surface area (Å²) in [5.74, 6) is 0. The minimum absolute atomic E-state index is 0.240. The molecule has 1 aliphatic rings. The fourth-order valence-electron chi connectivity index (χ4n) is 3.33. The van der Waals surface area contributed by atoms with Crippen molar-refractivity contribution in [3.63, 3.8) is 0 Å². The first-order chi connectivity index (χ1) is 9.75. The van der Waals surface area contributed by atoms with Gasteiger partial charge in [0.15, 0.2) is 0 Å². The maximum Gasteiger partial charge on any atom is 0.0861 e. The lowest BCUT2D eigenvalue weighted by Crippen LogP contribution is -2.41. The van der Waals surface area contributed by atoms with Gasteiger partial charge >= 0.3 is 0 Å². The van der Waals surface area contributed by atoms with Crippen LogP contribution in [0.1, 0.15) is 29.2 Å². The number of nitrogens with two attached hydrogens (primary N) is 1. The number of hydrogen-bond donors (Lipinski definition) is 2. The van der Waals surface area contributed by atoms with E-state index in [-0.39, 0.29) is 5.41 Å². The summed E-state index contributed by atoms with van der Waals surface area (Å²) in [6, 6.07) is 18.4. The normalized spacial score (nSPS) is 23.1. The van der Waals surface area contributed by atoms with Gasteiger partial charge in [0.05, 0.1) is 6.10 Å². The smallest absolute Gasteiger partial charge is 0.0861 e. The first-order valence-corrected chi connectivity index (χ1v) is 7.25. The zero-order chi connectivity index (χ0) is 14.0. The molecule has 0 bridgehead atoms. The van der Waals surface area contributed by atoms with Crippen LogP contribution >= 0.6 is 0 Å². The first kappa shape index (κ1) is 13.3. The highest BCUT2D eigenvalue weighted by Crippen LogP contribution is 2.44. The topological polar surface area (TPSA) is 46.2 Å². The summed E-state index contributed by atoms with van der Waals surface area (Å²) >= 11 is 0. The Morgan fingerprint density at radius 2 is 1.65 bits per heavy atom. The van der Waals surface area contributed by atoms with Crippen molar-refractivity contribution in [2.24, 2.45) is 11.1 Å². The molecule has 0 radical (unpaired) electrons. The lowest BCUT2D eigenvalue weighted by atomic mass is 9.66. The molecule has 2 aromatic rings. The maximum absolute atomic E-state index is 10.8. The highest BCUT2D eigenvalue weighted by atomic mass is 16.3. The Balaban J connectivity index is 1.94. The number of aliphatic hydroxyl groups is 1. The Morgan fingerprint density at radius 1 is 1.00 bits per heavy atom. The number of fused-ring (bicyclic) bond motifs is 1. The van der Waals surface area contributed by atoms with Gasteiger partial charge in [0.1, 0.15) is 0 Å². The third-order valence-corrected chi connectivity index (χ3v) is 4.66. The van der Waals surface area contributed by atoms with Gasteiger partial charge in [-0.05, 0) is 36.0 Å². The van der Waals surface area contributed by atoms with Crippen molar-refractivity contribution in [3.8, 4) is 0 Å². The minimum Gasteiger partial charge on any atom is -0.388 e. The predicted octanol–water partition coefficient (Wildman–Crippen LogP) is 2.85. The van der Waals surface area contributed by atoms with Crippen molar-refractivity contribution in [2.45, 2.75) is 25.4 Å². The zero-order valence-corrected chi connectivity index (χ0v) is 11.6. The number of aryl methyl sites for hydroxylation is 1. The Hall–Kier alpha value is -1.64. The quantitative estimate of drug-likeness (QED) is 0.898. The van der Waals surface area contributed by atoms with Crippen LogP contribution in [0, 0.1) is 5.41 Å². The second-order valence-electron chi connectivity index (χ2n) is 5.83. The van der Waals surface area contributed by atoms with Crippen molar-refractivity contribution in [3.05, 3.63) is 71.3 Å². The average Bonchev–Trinajstić information content (AvgIpc) is 2.54. The third kappa shape index (κ3) is 2.26. The minimum atomic E-state index is -0.498. The van der Waals surface area contributed by atoms with Crippen molar-refractivity contribution < 1.29 is 5.11 Å². The second-order valence-corrected chi connectivity index (χ2v) is 5.83. The van der Waals surface area contributed by atoms with Crippen LogP contribution in [0.15, 0.2) is 54.6 Å². The Labute approximate surface area is 120 Å². The molecular formula is C18H21NO. The highest BCUT2D eigenvalue weighted by Gasteiger charge is 2.40. The van der Waals surface area contributed by atoms with Gasteiger partial charge in [-0.1, -0.05) is 54.6 Å². The van der Waals surface area contributed by atoms with E-state index in [2.05, 4.69) is 24.3 Å². The van der Waals surface area contributed by atoms with E-state index in [1.165, 1.54) is 11.1 Å². The van der Waals surface area contributed by atoms with Crippen LogP contribution in [0.3, 0.4) is 0 Å².